The number of ether oxygens (including phenoxy) is 1. The third-order valence-corrected chi connectivity index (χ3v) is 7.54. The molecule has 0 unspecified atom stereocenters. The standard InChI is InChI=1S/C27H40N4O4/c1-5-6-20-16-31(24-23(32)17-35-25(20)24)27(34)22(15-18(2)3)28-26(33)19-7-9-21(10-8-19)30-13-11-29(4)12-14-30/h7-10,18,20,22,24-25H,5-6,11-17H2,1-4H3,(H,28,33)/t20-,22+,24-,25-/m1/s1. The largest absolute Gasteiger partial charge is 0.369 e. The van der Waals surface area contributed by atoms with Gasteiger partial charge in [0.2, 0.25) is 5.91 Å². The molecule has 0 spiro atoms. The third-order valence-electron chi connectivity index (χ3n) is 7.54. The van der Waals surface area contributed by atoms with Gasteiger partial charge in [0, 0.05) is 49.9 Å². The normalized spacial score (nSPS) is 25.7. The Morgan fingerprint density at radius 3 is 2.43 bits per heavy atom. The Kier molecular flexibility index (Phi) is 8.12. The molecule has 3 fully saturated rings. The molecule has 0 bridgehead atoms. The minimum absolute atomic E-state index is 0.0314. The molecule has 0 radical (unpaired) electrons. The van der Waals surface area contributed by atoms with Gasteiger partial charge in [-0.25, -0.2) is 0 Å². The molecule has 4 rings (SSSR count). The fourth-order valence-corrected chi connectivity index (χ4v) is 5.63. The van der Waals surface area contributed by atoms with Crippen LogP contribution in [0.1, 0.15) is 50.4 Å². The number of likely N-dealkylation sites (N-methyl/N-ethyl adjacent to an activating group) is 1. The lowest BCUT2D eigenvalue weighted by Crippen LogP contribution is -2.52. The van der Waals surface area contributed by atoms with Crippen LogP contribution in [0.2, 0.25) is 0 Å². The molecule has 0 saturated carbocycles. The van der Waals surface area contributed by atoms with Crippen molar-refractivity contribution in [1.29, 1.82) is 0 Å². The van der Waals surface area contributed by atoms with Crippen LogP contribution in [0.15, 0.2) is 24.3 Å². The minimum Gasteiger partial charge on any atom is -0.369 e. The summed E-state index contributed by atoms with van der Waals surface area (Å²) in [6, 6.07) is 6.43. The van der Waals surface area contributed by atoms with Crippen LogP contribution in [-0.4, -0.2) is 92.0 Å². The molecule has 1 aromatic rings. The van der Waals surface area contributed by atoms with Crippen molar-refractivity contribution in [3.05, 3.63) is 29.8 Å². The quantitative estimate of drug-likeness (QED) is 0.609. The van der Waals surface area contributed by atoms with E-state index < -0.39 is 12.1 Å². The number of piperazine rings is 1. The van der Waals surface area contributed by atoms with Crippen LogP contribution >= 0.6 is 0 Å². The lowest BCUT2D eigenvalue weighted by atomic mass is 9.97. The van der Waals surface area contributed by atoms with Crippen LogP contribution in [0.25, 0.3) is 0 Å². The van der Waals surface area contributed by atoms with E-state index in [4.69, 9.17) is 4.74 Å². The number of nitrogens with zero attached hydrogens (tertiary/aromatic N) is 3. The number of carbonyl (C=O) groups excluding carboxylic acids is 3. The van der Waals surface area contributed by atoms with E-state index in [2.05, 4.69) is 29.1 Å². The van der Waals surface area contributed by atoms with E-state index >= 15 is 0 Å². The number of hydrogen-bond donors (Lipinski definition) is 1. The van der Waals surface area contributed by atoms with Crippen molar-refractivity contribution in [2.45, 2.75) is 58.2 Å². The highest BCUT2D eigenvalue weighted by Gasteiger charge is 2.52. The minimum atomic E-state index is -0.672. The van der Waals surface area contributed by atoms with Gasteiger partial charge >= 0.3 is 0 Å². The van der Waals surface area contributed by atoms with Crippen molar-refractivity contribution in [1.82, 2.24) is 15.1 Å². The maximum atomic E-state index is 13.7. The molecular formula is C27H40N4O4. The number of nitrogens with one attached hydrogen (secondary N) is 1. The van der Waals surface area contributed by atoms with Crippen molar-refractivity contribution in [3.63, 3.8) is 0 Å². The van der Waals surface area contributed by atoms with Crippen LogP contribution < -0.4 is 10.2 Å². The van der Waals surface area contributed by atoms with E-state index in [1.807, 2.05) is 38.1 Å². The van der Waals surface area contributed by atoms with Gasteiger partial charge < -0.3 is 24.8 Å². The number of fused-ring (bicyclic) bond motifs is 1. The predicted octanol–water partition coefficient (Wildman–Crippen LogP) is 2.18. The van der Waals surface area contributed by atoms with Crippen molar-refractivity contribution >= 4 is 23.3 Å². The summed E-state index contributed by atoms with van der Waals surface area (Å²) in [4.78, 5) is 45.7. The highest BCUT2D eigenvalue weighted by atomic mass is 16.5. The number of Topliss-reactive ketones (excluding diaryl/α,β-unsaturated/α-hetero) is 1. The Balaban J connectivity index is 1.45. The number of carbonyl (C=O) groups is 3. The van der Waals surface area contributed by atoms with Crippen LogP contribution in [0.3, 0.4) is 0 Å². The zero-order valence-electron chi connectivity index (χ0n) is 21.5. The van der Waals surface area contributed by atoms with E-state index in [0.29, 0.717) is 18.5 Å². The number of rotatable bonds is 8. The molecule has 3 heterocycles. The predicted molar refractivity (Wildman–Crippen MR) is 136 cm³/mol. The molecule has 3 saturated heterocycles. The van der Waals surface area contributed by atoms with Crippen molar-refractivity contribution < 1.29 is 19.1 Å². The summed E-state index contributed by atoms with van der Waals surface area (Å²) in [5.41, 5.74) is 1.64. The van der Waals surface area contributed by atoms with Gasteiger partial charge in [-0.3, -0.25) is 14.4 Å². The van der Waals surface area contributed by atoms with Crippen LogP contribution in [-0.2, 0) is 14.3 Å². The van der Waals surface area contributed by atoms with E-state index in [-0.39, 0.29) is 42.1 Å². The molecule has 8 nitrogen and oxygen atoms in total. The number of amides is 2. The Hall–Kier alpha value is -2.45. The molecule has 3 aliphatic heterocycles. The fraction of sp³-hybridized carbons (Fsp3) is 0.667. The van der Waals surface area contributed by atoms with Gasteiger partial charge in [-0.15, -0.1) is 0 Å². The van der Waals surface area contributed by atoms with Gasteiger partial charge in [0.25, 0.3) is 5.91 Å². The summed E-state index contributed by atoms with van der Waals surface area (Å²) in [6.07, 6.45) is 2.19. The molecule has 8 heteroatoms. The second-order valence-electron chi connectivity index (χ2n) is 10.7. The summed E-state index contributed by atoms with van der Waals surface area (Å²) in [6.45, 7) is 10.7. The van der Waals surface area contributed by atoms with Crippen molar-refractivity contribution in [2.75, 3.05) is 51.3 Å². The molecule has 35 heavy (non-hydrogen) atoms. The van der Waals surface area contributed by atoms with E-state index in [0.717, 1.165) is 44.7 Å². The number of ketones is 1. The first-order chi connectivity index (χ1) is 16.8. The topological polar surface area (TPSA) is 82.2 Å². The lowest BCUT2D eigenvalue weighted by molar-refractivity contribution is -0.138. The molecular weight excluding hydrogens is 444 g/mol. The highest BCUT2D eigenvalue weighted by molar-refractivity contribution is 5.99. The van der Waals surface area contributed by atoms with E-state index in [1.54, 1.807) is 4.90 Å². The Morgan fingerprint density at radius 1 is 1.11 bits per heavy atom. The smallest absolute Gasteiger partial charge is 0.251 e. The third kappa shape index (κ3) is 5.70. The summed E-state index contributed by atoms with van der Waals surface area (Å²) in [5, 5.41) is 2.99. The van der Waals surface area contributed by atoms with Gasteiger partial charge in [0.1, 0.15) is 18.7 Å². The maximum absolute atomic E-state index is 13.7. The lowest BCUT2D eigenvalue weighted by Gasteiger charge is -2.34. The summed E-state index contributed by atoms with van der Waals surface area (Å²) >= 11 is 0. The highest BCUT2D eigenvalue weighted by Crippen LogP contribution is 2.35. The van der Waals surface area contributed by atoms with Gasteiger partial charge in [0.05, 0.1) is 6.10 Å². The SMILES string of the molecule is CCC[C@@H]1CN(C(=O)[C@H](CC(C)C)NC(=O)c2ccc(N3CCN(C)CC3)cc2)[C@@H]2C(=O)CO[C@H]12. The van der Waals surface area contributed by atoms with Crippen LogP contribution in [0.4, 0.5) is 5.69 Å². The zero-order chi connectivity index (χ0) is 25.1. The molecule has 0 aromatic heterocycles. The summed E-state index contributed by atoms with van der Waals surface area (Å²) in [5.74, 6) is -0.0874. The molecule has 1 aromatic carbocycles. The number of likely N-dealkylation sites (tertiary alicyclic amines) is 1. The number of hydrogen-bond acceptors (Lipinski definition) is 6. The molecule has 1 N–H and O–H groups in total. The maximum Gasteiger partial charge on any atom is 0.251 e. The van der Waals surface area contributed by atoms with Crippen molar-refractivity contribution in [3.8, 4) is 0 Å². The van der Waals surface area contributed by atoms with E-state index in [1.165, 1.54) is 0 Å². The zero-order valence-corrected chi connectivity index (χ0v) is 21.5. The van der Waals surface area contributed by atoms with Gasteiger partial charge in [-0.05, 0) is 50.1 Å². The monoisotopic (exact) mass is 484 g/mol. The molecule has 4 atom stereocenters. The first-order valence-corrected chi connectivity index (χ1v) is 13.1. The average Bonchev–Trinajstić information content (AvgIpc) is 3.39. The number of anilines is 1. The molecule has 192 valence electrons. The number of benzene rings is 1. The van der Waals surface area contributed by atoms with Gasteiger partial charge in [0.15, 0.2) is 5.78 Å². The summed E-state index contributed by atoms with van der Waals surface area (Å²) in [7, 11) is 2.13. The van der Waals surface area contributed by atoms with E-state index in [9.17, 15) is 14.4 Å². The first kappa shape index (κ1) is 25.6. The Labute approximate surface area is 209 Å². The molecule has 3 aliphatic rings. The second kappa shape index (κ2) is 11.1. The fourth-order valence-electron chi connectivity index (χ4n) is 5.63. The first-order valence-electron chi connectivity index (χ1n) is 13.1. The van der Waals surface area contributed by atoms with Crippen molar-refractivity contribution in [2.24, 2.45) is 11.8 Å². The molecule has 0 aliphatic carbocycles. The Bertz CT molecular complexity index is 910. The van der Waals surface area contributed by atoms with Gasteiger partial charge in [-0.2, -0.15) is 0 Å². The summed E-state index contributed by atoms with van der Waals surface area (Å²) < 4.78 is 5.78. The van der Waals surface area contributed by atoms with Crippen LogP contribution in [0, 0.1) is 11.8 Å². The second-order valence-corrected chi connectivity index (χ2v) is 10.7. The molecule has 2 amide bonds. The van der Waals surface area contributed by atoms with Gasteiger partial charge in [-0.1, -0.05) is 27.2 Å². The Morgan fingerprint density at radius 2 is 1.80 bits per heavy atom. The average molecular weight is 485 g/mol. The van der Waals surface area contributed by atoms with Crippen LogP contribution in [0.5, 0.6) is 0 Å².